The molecule has 0 spiro atoms. The molecule has 2 amide bonds. The van der Waals surface area contributed by atoms with Crippen molar-refractivity contribution in [1.82, 2.24) is 5.32 Å². The molecule has 0 saturated carbocycles. The van der Waals surface area contributed by atoms with E-state index < -0.39 is 29.0 Å². The molecule has 3 N–H and O–H groups in total. The van der Waals surface area contributed by atoms with Crippen molar-refractivity contribution >= 4 is 17.5 Å². The van der Waals surface area contributed by atoms with Crippen LogP contribution in [0.25, 0.3) is 0 Å². The number of nitrogens with one attached hydrogen (secondary N) is 3. The minimum Gasteiger partial charge on any atom is -0.347 e. The van der Waals surface area contributed by atoms with E-state index in [1.165, 1.54) is 0 Å². The van der Waals surface area contributed by atoms with Crippen molar-refractivity contribution in [3.8, 4) is 0 Å². The van der Waals surface area contributed by atoms with Crippen LogP contribution < -0.4 is 15.5 Å². The van der Waals surface area contributed by atoms with Gasteiger partial charge in [-0.2, -0.15) is 0 Å². The first-order valence-corrected chi connectivity index (χ1v) is 7.05. The van der Waals surface area contributed by atoms with Crippen LogP contribution in [0.3, 0.4) is 0 Å². The number of benzene rings is 1. The summed E-state index contributed by atoms with van der Waals surface area (Å²) in [5.74, 6) is -5.28. The maximum Gasteiger partial charge on any atom is 0.279 e. The summed E-state index contributed by atoms with van der Waals surface area (Å²) in [4.78, 5) is 24.1. The Morgan fingerprint density at radius 1 is 1.04 bits per heavy atom. The van der Waals surface area contributed by atoms with Gasteiger partial charge in [0.05, 0.1) is 12.7 Å². The lowest BCUT2D eigenvalue weighted by atomic mass is 10.1. The normalized spacial score (nSPS) is 12.7. The zero-order valence-electron chi connectivity index (χ0n) is 13.5. The Bertz CT molecular complexity index is 600. The van der Waals surface area contributed by atoms with Gasteiger partial charge >= 0.3 is 0 Å². The number of carbonyl (C=O) groups excluding carboxylic acids is 2. The lowest BCUT2D eigenvalue weighted by Crippen LogP contribution is -3.11. The topological polar surface area (TPSA) is 62.6 Å². The van der Waals surface area contributed by atoms with Crippen molar-refractivity contribution in [3.63, 3.8) is 0 Å². The van der Waals surface area contributed by atoms with Crippen LogP contribution in [0.4, 0.5) is 18.9 Å². The van der Waals surface area contributed by atoms with Crippen molar-refractivity contribution < 1.29 is 27.7 Å². The Hall–Kier alpha value is -2.09. The maximum atomic E-state index is 13.5. The van der Waals surface area contributed by atoms with Crippen LogP contribution >= 0.6 is 0 Å². The lowest BCUT2D eigenvalue weighted by molar-refractivity contribution is -0.862. The molecular formula is C15H21F3N3O2+. The van der Waals surface area contributed by atoms with E-state index in [0.29, 0.717) is 4.90 Å². The monoisotopic (exact) mass is 332 g/mol. The number of rotatable bonds is 5. The first-order valence-electron chi connectivity index (χ1n) is 7.05. The second kappa shape index (κ2) is 7.45. The smallest absolute Gasteiger partial charge is 0.279 e. The quantitative estimate of drug-likeness (QED) is 0.687. The Kier molecular flexibility index (Phi) is 6.14. The Balaban J connectivity index is 2.57. The minimum atomic E-state index is -1.65. The number of quaternary nitrogens is 1. The Morgan fingerprint density at radius 3 is 2.17 bits per heavy atom. The number of halogens is 3. The van der Waals surface area contributed by atoms with E-state index in [2.05, 4.69) is 10.6 Å². The molecule has 23 heavy (non-hydrogen) atoms. The molecule has 0 heterocycles. The van der Waals surface area contributed by atoms with Gasteiger partial charge in [-0.15, -0.1) is 0 Å². The summed E-state index contributed by atoms with van der Waals surface area (Å²) in [6, 6.07) is 1.66. The Morgan fingerprint density at radius 2 is 1.61 bits per heavy atom. The molecule has 0 aliphatic heterocycles. The van der Waals surface area contributed by atoms with Gasteiger partial charge in [-0.05, 0) is 32.9 Å². The number of likely N-dealkylation sites (N-methyl/N-ethyl adjacent to an activating group) is 1. The number of amides is 2. The molecule has 0 aromatic heterocycles. The molecule has 1 rings (SSSR count). The zero-order valence-corrected chi connectivity index (χ0v) is 13.5. The standard InChI is InChI=1S/C15H20F3N3O2/c1-15(2,3)20-12(23)8-21(4)7-11(22)19-10-6-5-9(16)13(17)14(10)18/h5-6H,7-8H2,1-4H3,(H,19,22)(H,20,23)/p+1. The molecular weight excluding hydrogens is 311 g/mol. The molecule has 0 bridgehead atoms. The maximum absolute atomic E-state index is 13.5. The van der Waals surface area contributed by atoms with Gasteiger partial charge in [0.2, 0.25) is 0 Å². The summed E-state index contributed by atoms with van der Waals surface area (Å²) in [5.41, 5.74) is -0.824. The van der Waals surface area contributed by atoms with Gasteiger partial charge in [0.1, 0.15) is 0 Å². The largest absolute Gasteiger partial charge is 0.347 e. The summed E-state index contributed by atoms with van der Waals surface area (Å²) < 4.78 is 39.3. The van der Waals surface area contributed by atoms with Crippen LogP contribution in [-0.2, 0) is 9.59 Å². The van der Waals surface area contributed by atoms with Gasteiger partial charge in [0.15, 0.2) is 30.5 Å². The third-order valence-electron chi connectivity index (χ3n) is 2.75. The molecule has 0 aliphatic carbocycles. The van der Waals surface area contributed by atoms with Crippen molar-refractivity contribution in [3.05, 3.63) is 29.6 Å². The van der Waals surface area contributed by atoms with E-state index in [-0.39, 0.29) is 24.5 Å². The predicted molar refractivity (Wildman–Crippen MR) is 79.5 cm³/mol. The molecule has 0 radical (unpaired) electrons. The summed E-state index contributed by atoms with van der Waals surface area (Å²) in [7, 11) is 1.61. The fourth-order valence-electron chi connectivity index (χ4n) is 1.89. The van der Waals surface area contributed by atoms with Crippen LogP contribution in [0.5, 0.6) is 0 Å². The summed E-state index contributed by atoms with van der Waals surface area (Å²) >= 11 is 0. The second-order valence-corrected chi connectivity index (χ2v) is 6.38. The van der Waals surface area contributed by atoms with Gasteiger partial charge in [-0.1, -0.05) is 0 Å². The van der Waals surface area contributed by atoms with Crippen molar-refractivity contribution in [1.29, 1.82) is 0 Å². The van der Waals surface area contributed by atoms with Crippen LogP contribution in [0.2, 0.25) is 0 Å². The van der Waals surface area contributed by atoms with Gasteiger partial charge in [-0.3, -0.25) is 9.59 Å². The van der Waals surface area contributed by atoms with Crippen molar-refractivity contribution in [2.24, 2.45) is 0 Å². The molecule has 1 aromatic rings. The molecule has 1 atom stereocenters. The molecule has 0 aliphatic rings. The molecule has 5 nitrogen and oxygen atoms in total. The van der Waals surface area contributed by atoms with E-state index in [0.717, 1.165) is 12.1 Å². The average Bonchev–Trinajstić information content (AvgIpc) is 2.36. The first-order chi connectivity index (χ1) is 10.5. The average molecular weight is 332 g/mol. The van der Waals surface area contributed by atoms with E-state index >= 15 is 0 Å². The fraction of sp³-hybridized carbons (Fsp3) is 0.467. The highest BCUT2D eigenvalue weighted by Crippen LogP contribution is 2.19. The Labute approximate surface area is 132 Å². The van der Waals surface area contributed by atoms with Crippen molar-refractivity contribution in [2.75, 3.05) is 25.5 Å². The third-order valence-corrected chi connectivity index (χ3v) is 2.75. The fourth-order valence-corrected chi connectivity index (χ4v) is 1.89. The number of carbonyl (C=O) groups is 2. The predicted octanol–water partition coefficient (Wildman–Crippen LogP) is 0.472. The molecule has 1 aromatic carbocycles. The zero-order chi connectivity index (χ0) is 17.8. The SMILES string of the molecule is C[NH+](CC(=O)Nc1ccc(F)c(F)c1F)CC(=O)NC(C)(C)C. The minimum absolute atomic E-state index is 0.0466. The van der Waals surface area contributed by atoms with Crippen molar-refractivity contribution in [2.45, 2.75) is 26.3 Å². The summed E-state index contributed by atoms with van der Waals surface area (Å²) in [6.07, 6.45) is 0. The van der Waals surface area contributed by atoms with Gasteiger partial charge < -0.3 is 15.5 Å². The highest BCUT2D eigenvalue weighted by molar-refractivity contribution is 5.91. The van der Waals surface area contributed by atoms with Gasteiger partial charge in [0.25, 0.3) is 11.8 Å². The van der Waals surface area contributed by atoms with E-state index in [4.69, 9.17) is 0 Å². The molecule has 128 valence electrons. The first kappa shape index (κ1) is 19.0. The van der Waals surface area contributed by atoms with Gasteiger partial charge in [0, 0.05) is 5.54 Å². The van der Waals surface area contributed by atoms with Crippen LogP contribution in [0, 0.1) is 17.5 Å². The van der Waals surface area contributed by atoms with E-state index in [1.54, 1.807) is 7.05 Å². The van der Waals surface area contributed by atoms with E-state index in [9.17, 15) is 22.8 Å². The number of hydrogen-bond acceptors (Lipinski definition) is 2. The summed E-state index contributed by atoms with van der Waals surface area (Å²) in [6.45, 7) is 5.41. The summed E-state index contributed by atoms with van der Waals surface area (Å²) in [5, 5.41) is 4.91. The molecule has 0 saturated heterocycles. The molecule has 8 heteroatoms. The molecule has 0 fully saturated rings. The third kappa shape index (κ3) is 6.27. The van der Waals surface area contributed by atoms with E-state index in [1.807, 2.05) is 20.8 Å². The van der Waals surface area contributed by atoms with Crippen LogP contribution in [-0.4, -0.2) is 37.5 Å². The van der Waals surface area contributed by atoms with Gasteiger partial charge in [-0.25, -0.2) is 13.2 Å². The van der Waals surface area contributed by atoms with Crippen LogP contribution in [0.1, 0.15) is 20.8 Å². The highest BCUT2D eigenvalue weighted by Gasteiger charge is 2.20. The lowest BCUT2D eigenvalue weighted by Gasteiger charge is -2.21. The van der Waals surface area contributed by atoms with Crippen LogP contribution in [0.15, 0.2) is 12.1 Å². The number of anilines is 1. The molecule has 1 unspecified atom stereocenters. The second-order valence-electron chi connectivity index (χ2n) is 6.38. The highest BCUT2D eigenvalue weighted by atomic mass is 19.2. The number of hydrogen-bond donors (Lipinski definition) is 3.